The van der Waals surface area contributed by atoms with E-state index in [-0.39, 0.29) is 18.7 Å². The molecule has 2 atom stereocenters. The molecule has 2 aromatic rings. The Hall–Kier alpha value is -3.22. The van der Waals surface area contributed by atoms with Gasteiger partial charge in [-0.05, 0) is 50.5 Å². The molecule has 0 spiro atoms. The molecule has 7 nitrogen and oxygen atoms in total. The van der Waals surface area contributed by atoms with Crippen LogP contribution in [0.15, 0.2) is 58.3 Å². The zero-order valence-electron chi connectivity index (χ0n) is 16.6. The molecule has 0 unspecified atom stereocenters. The van der Waals surface area contributed by atoms with Crippen LogP contribution in [0.5, 0.6) is 0 Å². The standard InChI is InChI=1S/C22H25N3O4/c1-3-28-21(26)19-16(23-22(27)24-20(19)18-9-6-12-29-18)13-25-14(2)10-11-15-7-4-5-8-17(15)25/h4-9,12,14,20H,3,10-11,13H2,1-2H3,(H2,23,24,27)/t14-,20-/m1/s1. The number of nitrogens with one attached hydrogen (secondary N) is 2. The highest BCUT2D eigenvalue weighted by atomic mass is 16.5. The van der Waals surface area contributed by atoms with Crippen molar-refractivity contribution in [1.82, 2.24) is 10.6 Å². The lowest BCUT2D eigenvalue weighted by Crippen LogP contribution is -2.50. The molecule has 152 valence electrons. The maximum atomic E-state index is 12.9. The predicted molar refractivity (Wildman–Crippen MR) is 108 cm³/mol. The Kier molecular flexibility index (Phi) is 5.29. The van der Waals surface area contributed by atoms with Crippen molar-refractivity contribution in [3.63, 3.8) is 0 Å². The first-order valence-corrected chi connectivity index (χ1v) is 9.94. The molecule has 7 heteroatoms. The van der Waals surface area contributed by atoms with Gasteiger partial charge < -0.3 is 24.7 Å². The Morgan fingerprint density at radius 3 is 2.86 bits per heavy atom. The first kappa shape index (κ1) is 19.1. The SMILES string of the molecule is CCOC(=O)C1=C(CN2c3ccccc3CC[C@H]2C)NC(=O)N[C@@H]1c1ccco1. The van der Waals surface area contributed by atoms with Crippen LogP contribution in [0.4, 0.5) is 10.5 Å². The van der Waals surface area contributed by atoms with E-state index in [1.165, 1.54) is 11.8 Å². The molecule has 0 radical (unpaired) electrons. The molecule has 3 heterocycles. The van der Waals surface area contributed by atoms with Crippen LogP contribution in [-0.4, -0.2) is 31.2 Å². The van der Waals surface area contributed by atoms with Gasteiger partial charge in [0.1, 0.15) is 11.8 Å². The van der Waals surface area contributed by atoms with Gasteiger partial charge in [-0.2, -0.15) is 0 Å². The van der Waals surface area contributed by atoms with E-state index in [1.807, 2.05) is 12.1 Å². The second-order valence-corrected chi connectivity index (χ2v) is 7.30. The van der Waals surface area contributed by atoms with Crippen LogP contribution >= 0.6 is 0 Å². The summed E-state index contributed by atoms with van der Waals surface area (Å²) in [5.41, 5.74) is 3.31. The van der Waals surface area contributed by atoms with E-state index in [9.17, 15) is 9.59 Å². The number of esters is 1. The van der Waals surface area contributed by atoms with Crippen molar-refractivity contribution >= 4 is 17.7 Å². The molecule has 4 rings (SSSR count). The van der Waals surface area contributed by atoms with E-state index in [2.05, 4.69) is 34.6 Å². The molecule has 0 fully saturated rings. The smallest absolute Gasteiger partial charge is 0.338 e. The summed E-state index contributed by atoms with van der Waals surface area (Å²) in [5.74, 6) is 0.0295. The maximum Gasteiger partial charge on any atom is 0.338 e. The van der Waals surface area contributed by atoms with Crippen molar-refractivity contribution in [2.75, 3.05) is 18.1 Å². The highest BCUT2D eigenvalue weighted by Gasteiger charge is 2.36. The molecule has 2 N–H and O–H groups in total. The Labute approximate surface area is 169 Å². The van der Waals surface area contributed by atoms with Gasteiger partial charge in [0, 0.05) is 11.7 Å². The first-order chi connectivity index (χ1) is 14.1. The summed E-state index contributed by atoms with van der Waals surface area (Å²) in [6.07, 6.45) is 3.54. The number of ether oxygens (including phenoxy) is 1. The number of anilines is 1. The number of fused-ring (bicyclic) bond motifs is 1. The van der Waals surface area contributed by atoms with Crippen molar-refractivity contribution in [3.8, 4) is 0 Å². The second-order valence-electron chi connectivity index (χ2n) is 7.30. The van der Waals surface area contributed by atoms with Gasteiger partial charge in [-0.3, -0.25) is 0 Å². The van der Waals surface area contributed by atoms with Gasteiger partial charge in [0.05, 0.1) is 30.7 Å². The molecule has 0 bridgehead atoms. The Morgan fingerprint density at radius 2 is 2.10 bits per heavy atom. The number of hydrogen-bond donors (Lipinski definition) is 2. The molecular formula is C22H25N3O4. The molecule has 2 amide bonds. The van der Waals surface area contributed by atoms with Crippen molar-refractivity contribution in [2.45, 2.75) is 38.8 Å². The average Bonchev–Trinajstić information content (AvgIpc) is 3.24. The van der Waals surface area contributed by atoms with E-state index in [0.717, 1.165) is 18.5 Å². The monoisotopic (exact) mass is 395 g/mol. The van der Waals surface area contributed by atoms with Gasteiger partial charge in [0.25, 0.3) is 0 Å². The van der Waals surface area contributed by atoms with Crippen LogP contribution in [0.1, 0.15) is 37.6 Å². The zero-order valence-corrected chi connectivity index (χ0v) is 16.6. The van der Waals surface area contributed by atoms with E-state index in [1.54, 1.807) is 19.1 Å². The number of amides is 2. The molecule has 29 heavy (non-hydrogen) atoms. The quantitative estimate of drug-likeness (QED) is 0.759. The van der Waals surface area contributed by atoms with Crippen molar-refractivity contribution < 1.29 is 18.7 Å². The van der Waals surface area contributed by atoms with Gasteiger partial charge >= 0.3 is 12.0 Å². The molecule has 0 saturated carbocycles. The molecule has 1 aromatic carbocycles. The number of hydrogen-bond acceptors (Lipinski definition) is 5. The Morgan fingerprint density at radius 1 is 1.28 bits per heavy atom. The summed E-state index contributed by atoms with van der Waals surface area (Å²) in [7, 11) is 0. The number of aryl methyl sites for hydroxylation is 1. The van der Waals surface area contributed by atoms with E-state index in [4.69, 9.17) is 9.15 Å². The van der Waals surface area contributed by atoms with Gasteiger partial charge in [-0.25, -0.2) is 9.59 Å². The normalized spacial score (nSPS) is 21.3. The van der Waals surface area contributed by atoms with Crippen LogP contribution in [0, 0.1) is 0 Å². The van der Waals surface area contributed by atoms with Crippen LogP contribution in [-0.2, 0) is 16.0 Å². The van der Waals surface area contributed by atoms with Crippen LogP contribution in [0.2, 0.25) is 0 Å². The number of carbonyl (C=O) groups excluding carboxylic acids is 2. The minimum Gasteiger partial charge on any atom is -0.467 e. The summed E-state index contributed by atoms with van der Waals surface area (Å²) in [5, 5.41) is 5.63. The number of rotatable bonds is 5. The number of urea groups is 1. The molecule has 2 aliphatic heterocycles. The average molecular weight is 395 g/mol. The van der Waals surface area contributed by atoms with Crippen LogP contribution < -0.4 is 15.5 Å². The summed E-state index contributed by atoms with van der Waals surface area (Å²) in [4.78, 5) is 27.5. The largest absolute Gasteiger partial charge is 0.467 e. The lowest BCUT2D eigenvalue weighted by atomic mass is 9.95. The van der Waals surface area contributed by atoms with Crippen molar-refractivity contribution in [1.29, 1.82) is 0 Å². The predicted octanol–water partition coefficient (Wildman–Crippen LogP) is 3.29. The number of nitrogens with zero attached hydrogens (tertiary/aromatic N) is 1. The fraction of sp³-hybridized carbons (Fsp3) is 0.364. The van der Waals surface area contributed by atoms with E-state index < -0.39 is 12.0 Å². The Bertz CT molecular complexity index is 935. The number of para-hydroxylation sites is 1. The minimum atomic E-state index is -0.692. The van der Waals surface area contributed by atoms with Crippen LogP contribution in [0.25, 0.3) is 0 Å². The van der Waals surface area contributed by atoms with E-state index >= 15 is 0 Å². The number of benzene rings is 1. The fourth-order valence-corrected chi connectivity index (χ4v) is 4.03. The fourth-order valence-electron chi connectivity index (χ4n) is 4.03. The minimum absolute atomic E-state index is 0.247. The van der Waals surface area contributed by atoms with E-state index in [0.29, 0.717) is 23.6 Å². The maximum absolute atomic E-state index is 12.9. The van der Waals surface area contributed by atoms with Gasteiger partial charge in [0.2, 0.25) is 0 Å². The molecule has 2 aliphatic rings. The lowest BCUT2D eigenvalue weighted by molar-refractivity contribution is -0.139. The third-order valence-corrected chi connectivity index (χ3v) is 5.47. The van der Waals surface area contributed by atoms with Crippen molar-refractivity contribution in [3.05, 3.63) is 65.3 Å². The topological polar surface area (TPSA) is 83.8 Å². The first-order valence-electron chi connectivity index (χ1n) is 9.94. The van der Waals surface area contributed by atoms with Gasteiger partial charge in [-0.1, -0.05) is 18.2 Å². The molecular weight excluding hydrogens is 370 g/mol. The van der Waals surface area contributed by atoms with Crippen LogP contribution in [0.3, 0.4) is 0 Å². The second kappa shape index (κ2) is 8.03. The highest BCUT2D eigenvalue weighted by Crippen LogP contribution is 2.33. The zero-order chi connectivity index (χ0) is 20.4. The third kappa shape index (κ3) is 3.72. The van der Waals surface area contributed by atoms with Gasteiger partial charge in [-0.15, -0.1) is 0 Å². The highest BCUT2D eigenvalue weighted by molar-refractivity contribution is 5.95. The van der Waals surface area contributed by atoms with Gasteiger partial charge in [0.15, 0.2) is 0 Å². The lowest BCUT2D eigenvalue weighted by Gasteiger charge is -2.39. The molecule has 0 aliphatic carbocycles. The van der Waals surface area contributed by atoms with Crippen molar-refractivity contribution in [2.24, 2.45) is 0 Å². The summed E-state index contributed by atoms with van der Waals surface area (Å²) in [6.45, 7) is 4.57. The number of furan rings is 1. The molecule has 0 saturated heterocycles. The Balaban J connectivity index is 1.76. The molecule has 1 aromatic heterocycles. The summed E-state index contributed by atoms with van der Waals surface area (Å²) in [6, 6.07) is 10.9. The third-order valence-electron chi connectivity index (χ3n) is 5.47. The number of carbonyl (C=O) groups is 2. The summed E-state index contributed by atoms with van der Waals surface area (Å²) < 4.78 is 10.8. The summed E-state index contributed by atoms with van der Waals surface area (Å²) >= 11 is 0.